The Labute approximate surface area is 69.7 Å². The molecule has 3 heteroatoms. The number of nitrogens with zero attached hydrogens (tertiary/aromatic N) is 1. The average molecular weight is 161 g/mol. The fourth-order valence-electron chi connectivity index (χ4n) is 1.14. The number of epoxide rings is 1. The van der Waals surface area contributed by atoms with Gasteiger partial charge in [-0.05, 0) is 5.56 Å². The number of carbonyl (C=O) groups excluding carboxylic acids is 1. The van der Waals surface area contributed by atoms with E-state index in [-0.39, 0.29) is 12.3 Å². The molecular weight excluding hydrogens is 154 g/mol. The van der Waals surface area contributed by atoms with Crippen LogP contribution in [0.4, 0.5) is 0 Å². The van der Waals surface area contributed by atoms with Crippen LogP contribution in [-0.2, 0) is 9.53 Å². The second kappa shape index (κ2) is 2.89. The Balaban J connectivity index is 2.11. The first kappa shape index (κ1) is 7.22. The summed E-state index contributed by atoms with van der Waals surface area (Å²) in [5.41, 5.74) is 1.06. The fourth-order valence-corrected chi connectivity index (χ4v) is 1.14. The molecule has 0 saturated carbocycles. The van der Waals surface area contributed by atoms with Crippen LogP contribution in [0.2, 0.25) is 0 Å². The largest absolute Gasteiger partial charge is 0.340 e. The predicted octanol–water partition coefficient (Wildman–Crippen LogP) is 1.42. The number of ether oxygens (including phenoxy) is 1. The van der Waals surface area contributed by atoms with Gasteiger partial charge in [-0.3, -0.25) is 0 Å². The Bertz CT molecular complexity index is 317. The van der Waals surface area contributed by atoms with E-state index in [1.54, 1.807) is 0 Å². The lowest BCUT2D eigenvalue weighted by Gasteiger charge is -1.90. The Kier molecular flexibility index (Phi) is 1.74. The first-order valence-electron chi connectivity index (χ1n) is 3.69. The predicted molar refractivity (Wildman–Crippen MR) is 42.2 cm³/mol. The smallest absolute Gasteiger partial charge is 0.237 e. The molecule has 12 heavy (non-hydrogen) atoms. The molecule has 0 N–H and O–H groups in total. The van der Waals surface area contributed by atoms with Crippen molar-refractivity contribution >= 4 is 6.08 Å². The topological polar surface area (TPSA) is 42.0 Å². The molecule has 3 nitrogen and oxygen atoms in total. The number of rotatable bonds is 2. The van der Waals surface area contributed by atoms with Gasteiger partial charge in [0.15, 0.2) is 6.23 Å². The van der Waals surface area contributed by atoms with Gasteiger partial charge >= 0.3 is 0 Å². The van der Waals surface area contributed by atoms with Gasteiger partial charge in [-0.15, -0.1) is 0 Å². The van der Waals surface area contributed by atoms with Crippen LogP contribution in [0.25, 0.3) is 0 Å². The summed E-state index contributed by atoms with van der Waals surface area (Å²) in [6, 6.07) is 9.69. The van der Waals surface area contributed by atoms with Crippen LogP contribution in [0.15, 0.2) is 35.3 Å². The van der Waals surface area contributed by atoms with E-state index in [4.69, 9.17) is 4.74 Å². The maximum absolute atomic E-state index is 9.86. The van der Waals surface area contributed by atoms with Gasteiger partial charge < -0.3 is 4.74 Å². The zero-order chi connectivity index (χ0) is 8.39. The van der Waals surface area contributed by atoms with E-state index in [1.807, 2.05) is 30.3 Å². The molecule has 1 aliphatic heterocycles. The molecular formula is C9H7NO2. The number of hydrogen-bond donors (Lipinski definition) is 0. The Morgan fingerprint density at radius 2 is 2.08 bits per heavy atom. The standard InChI is InChI=1S/C9H7NO2/c11-6-10-9-8(12-9)7-4-2-1-3-5-7/h1-5,8-9H/t8-,9+/m1/s1. The van der Waals surface area contributed by atoms with E-state index in [0.717, 1.165) is 5.56 Å². The van der Waals surface area contributed by atoms with Gasteiger partial charge in [0.25, 0.3) is 0 Å². The number of hydrogen-bond acceptors (Lipinski definition) is 3. The maximum Gasteiger partial charge on any atom is 0.237 e. The molecule has 0 aromatic heterocycles. The molecule has 1 saturated heterocycles. The summed E-state index contributed by atoms with van der Waals surface area (Å²) in [7, 11) is 0. The summed E-state index contributed by atoms with van der Waals surface area (Å²) >= 11 is 0. The molecule has 1 aliphatic rings. The molecule has 0 amide bonds. The van der Waals surface area contributed by atoms with Crippen LogP contribution in [0.3, 0.4) is 0 Å². The monoisotopic (exact) mass is 161 g/mol. The van der Waals surface area contributed by atoms with E-state index in [9.17, 15) is 4.79 Å². The van der Waals surface area contributed by atoms with Crippen molar-refractivity contribution < 1.29 is 9.53 Å². The van der Waals surface area contributed by atoms with Gasteiger partial charge in [0.1, 0.15) is 6.10 Å². The molecule has 0 unspecified atom stereocenters. The number of isocyanates is 1. The Morgan fingerprint density at radius 3 is 2.75 bits per heavy atom. The average Bonchev–Trinajstić information content (AvgIpc) is 2.87. The quantitative estimate of drug-likeness (QED) is 0.374. The lowest BCUT2D eigenvalue weighted by molar-refractivity contribution is 0.377. The third-order valence-electron chi connectivity index (χ3n) is 1.78. The lowest BCUT2D eigenvalue weighted by Crippen LogP contribution is -1.82. The Hall–Kier alpha value is -1.44. The van der Waals surface area contributed by atoms with Gasteiger partial charge in [-0.1, -0.05) is 30.3 Å². The van der Waals surface area contributed by atoms with Crippen molar-refractivity contribution in [3.8, 4) is 0 Å². The minimum Gasteiger partial charge on any atom is -0.340 e. The SMILES string of the molecule is O=C=N[C@H]1O[C@@H]1c1ccccc1. The third kappa shape index (κ3) is 1.28. The van der Waals surface area contributed by atoms with Crippen molar-refractivity contribution in [3.63, 3.8) is 0 Å². The highest BCUT2D eigenvalue weighted by molar-refractivity contribution is 5.35. The molecule has 0 aliphatic carbocycles. The molecule has 0 spiro atoms. The zero-order valence-corrected chi connectivity index (χ0v) is 6.31. The highest BCUT2D eigenvalue weighted by Gasteiger charge is 2.40. The fraction of sp³-hybridized carbons (Fsp3) is 0.222. The van der Waals surface area contributed by atoms with Crippen molar-refractivity contribution in [3.05, 3.63) is 35.9 Å². The van der Waals surface area contributed by atoms with Crippen LogP contribution >= 0.6 is 0 Å². The van der Waals surface area contributed by atoms with Crippen LogP contribution in [0, 0.1) is 0 Å². The summed E-state index contributed by atoms with van der Waals surface area (Å²) in [6.07, 6.45) is 1.14. The summed E-state index contributed by atoms with van der Waals surface area (Å²) in [5.74, 6) is 0. The van der Waals surface area contributed by atoms with E-state index >= 15 is 0 Å². The molecule has 1 fully saturated rings. The highest BCUT2D eigenvalue weighted by Crippen LogP contribution is 2.38. The maximum atomic E-state index is 9.86. The molecule has 0 bridgehead atoms. The van der Waals surface area contributed by atoms with Gasteiger partial charge in [-0.2, -0.15) is 4.99 Å². The second-order valence-corrected chi connectivity index (χ2v) is 2.58. The molecule has 1 aromatic rings. The van der Waals surface area contributed by atoms with Crippen molar-refractivity contribution in [2.75, 3.05) is 0 Å². The first-order valence-corrected chi connectivity index (χ1v) is 3.69. The van der Waals surface area contributed by atoms with Crippen LogP contribution < -0.4 is 0 Å². The van der Waals surface area contributed by atoms with Crippen LogP contribution in [0.5, 0.6) is 0 Å². The van der Waals surface area contributed by atoms with Crippen molar-refractivity contribution in [1.29, 1.82) is 0 Å². The molecule has 0 radical (unpaired) electrons. The van der Waals surface area contributed by atoms with Crippen molar-refractivity contribution in [2.45, 2.75) is 12.3 Å². The summed E-state index contributed by atoms with van der Waals surface area (Å²) in [6.45, 7) is 0. The van der Waals surface area contributed by atoms with Gasteiger partial charge in [0, 0.05) is 0 Å². The molecule has 1 heterocycles. The van der Waals surface area contributed by atoms with E-state index in [1.165, 1.54) is 6.08 Å². The first-order chi connectivity index (χ1) is 5.92. The summed E-state index contributed by atoms with van der Waals surface area (Å²) < 4.78 is 5.11. The number of aliphatic imine (C=N–C) groups is 1. The van der Waals surface area contributed by atoms with Crippen LogP contribution in [0.1, 0.15) is 11.7 Å². The summed E-state index contributed by atoms with van der Waals surface area (Å²) in [5, 5.41) is 0. The van der Waals surface area contributed by atoms with Crippen LogP contribution in [-0.4, -0.2) is 12.3 Å². The minimum atomic E-state index is -0.301. The normalized spacial score (nSPS) is 26.0. The van der Waals surface area contributed by atoms with Gasteiger partial charge in [-0.25, -0.2) is 4.79 Å². The molecule has 60 valence electrons. The second-order valence-electron chi connectivity index (χ2n) is 2.58. The van der Waals surface area contributed by atoms with Crippen molar-refractivity contribution in [1.82, 2.24) is 0 Å². The molecule has 1 aromatic carbocycles. The minimum absolute atomic E-state index is 0.0346. The summed E-state index contributed by atoms with van der Waals surface area (Å²) in [4.78, 5) is 13.3. The van der Waals surface area contributed by atoms with E-state index in [0.29, 0.717) is 0 Å². The van der Waals surface area contributed by atoms with Gasteiger partial charge in [0.05, 0.1) is 0 Å². The number of benzene rings is 1. The van der Waals surface area contributed by atoms with E-state index in [2.05, 4.69) is 4.99 Å². The lowest BCUT2D eigenvalue weighted by atomic mass is 10.1. The molecule has 2 rings (SSSR count). The zero-order valence-electron chi connectivity index (χ0n) is 6.31. The van der Waals surface area contributed by atoms with Crippen molar-refractivity contribution in [2.24, 2.45) is 4.99 Å². The van der Waals surface area contributed by atoms with E-state index < -0.39 is 0 Å². The third-order valence-corrected chi connectivity index (χ3v) is 1.78. The van der Waals surface area contributed by atoms with Gasteiger partial charge in [0.2, 0.25) is 6.08 Å². The Morgan fingerprint density at radius 1 is 1.33 bits per heavy atom. The highest BCUT2D eigenvalue weighted by atomic mass is 16.6. The molecule has 2 atom stereocenters.